The van der Waals surface area contributed by atoms with Gasteiger partial charge < -0.3 is 10.4 Å². The van der Waals surface area contributed by atoms with Gasteiger partial charge in [-0.25, -0.2) is 4.98 Å². The smallest absolute Gasteiger partial charge is 0.435 e. The quantitative estimate of drug-likeness (QED) is 0.698. The number of halogens is 4. The number of hydrogen-bond donors (Lipinski definition) is 2. The molecule has 0 atom stereocenters. The molecule has 0 saturated carbocycles. The van der Waals surface area contributed by atoms with Crippen LogP contribution in [0.15, 0.2) is 42.6 Å². The van der Waals surface area contributed by atoms with E-state index in [4.69, 9.17) is 11.6 Å². The molecule has 1 amide bonds. The molecule has 10 heteroatoms. The second kappa shape index (κ2) is 6.92. The van der Waals surface area contributed by atoms with Crippen LogP contribution >= 0.6 is 11.6 Å². The number of alkyl halides is 3. The summed E-state index contributed by atoms with van der Waals surface area (Å²) in [4.78, 5) is 16.1. The highest BCUT2D eigenvalue weighted by atomic mass is 35.5. The number of benzene rings is 1. The largest absolute Gasteiger partial charge is 0.504 e. The highest BCUT2D eigenvalue weighted by molar-refractivity contribution is 6.34. The Morgan fingerprint density at radius 3 is 2.56 bits per heavy atom. The van der Waals surface area contributed by atoms with Gasteiger partial charge in [-0.15, -0.1) is 0 Å². The van der Waals surface area contributed by atoms with Crippen LogP contribution in [0.25, 0.3) is 11.3 Å². The molecular formula is C17H12ClF3N4O2. The molecule has 3 rings (SSSR count). The van der Waals surface area contributed by atoms with Crippen LogP contribution in [0.1, 0.15) is 16.1 Å². The van der Waals surface area contributed by atoms with Crippen molar-refractivity contribution in [1.82, 2.24) is 14.8 Å². The lowest BCUT2D eigenvalue weighted by atomic mass is 10.2. The van der Waals surface area contributed by atoms with E-state index in [-0.39, 0.29) is 27.7 Å². The highest BCUT2D eigenvalue weighted by Crippen LogP contribution is 2.33. The maximum Gasteiger partial charge on any atom is 0.435 e. The average Bonchev–Trinajstić information content (AvgIpc) is 2.99. The fourth-order valence-corrected chi connectivity index (χ4v) is 2.61. The summed E-state index contributed by atoms with van der Waals surface area (Å²) >= 11 is 5.94. The Morgan fingerprint density at radius 2 is 1.96 bits per heavy atom. The summed E-state index contributed by atoms with van der Waals surface area (Å²) in [5.74, 6) is -1.15. The van der Waals surface area contributed by atoms with E-state index in [1.165, 1.54) is 31.4 Å². The Hall–Kier alpha value is -3.07. The number of aromatic hydroxyl groups is 1. The summed E-state index contributed by atoms with van der Waals surface area (Å²) in [6.45, 7) is 0. The van der Waals surface area contributed by atoms with Crippen molar-refractivity contribution in [2.45, 2.75) is 6.18 Å². The van der Waals surface area contributed by atoms with Gasteiger partial charge in [-0.05, 0) is 24.3 Å². The number of anilines is 1. The Labute approximate surface area is 156 Å². The third-order valence-corrected chi connectivity index (χ3v) is 4.01. The zero-order chi connectivity index (χ0) is 19.8. The molecule has 0 bridgehead atoms. The van der Waals surface area contributed by atoms with Crippen LogP contribution in [-0.4, -0.2) is 25.8 Å². The molecule has 0 radical (unpaired) electrons. The maximum absolute atomic E-state index is 12.8. The molecule has 2 N–H and O–H groups in total. The van der Waals surface area contributed by atoms with E-state index < -0.39 is 23.5 Å². The third kappa shape index (κ3) is 3.87. The first-order chi connectivity index (χ1) is 12.7. The molecule has 0 fully saturated rings. The van der Waals surface area contributed by atoms with Gasteiger partial charge in [-0.3, -0.25) is 9.48 Å². The van der Waals surface area contributed by atoms with Crippen LogP contribution in [0.5, 0.6) is 5.75 Å². The summed E-state index contributed by atoms with van der Waals surface area (Å²) in [7, 11) is 1.34. The summed E-state index contributed by atoms with van der Waals surface area (Å²) in [6.07, 6.45) is -3.37. The fourth-order valence-electron chi connectivity index (χ4n) is 2.39. The van der Waals surface area contributed by atoms with Crippen molar-refractivity contribution < 1.29 is 23.1 Å². The topological polar surface area (TPSA) is 80.0 Å². The normalized spacial score (nSPS) is 11.4. The number of hydrogen-bond acceptors (Lipinski definition) is 4. The lowest BCUT2D eigenvalue weighted by Crippen LogP contribution is -2.13. The van der Waals surface area contributed by atoms with Crippen LogP contribution in [0, 0.1) is 0 Å². The Kier molecular flexibility index (Phi) is 4.79. The van der Waals surface area contributed by atoms with E-state index >= 15 is 0 Å². The van der Waals surface area contributed by atoms with E-state index in [1.54, 1.807) is 12.1 Å². The highest BCUT2D eigenvalue weighted by Gasteiger charge is 2.34. The van der Waals surface area contributed by atoms with E-state index in [0.29, 0.717) is 0 Å². The van der Waals surface area contributed by atoms with Gasteiger partial charge in [0.05, 0.1) is 16.3 Å². The first-order valence-corrected chi connectivity index (χ1v) is 7.91. The molecule has 0 saturated heterocycles. The van der Waals surface area contributed by atoms with Gasteiger partial charge in [0.2, 0.25) is 0 Å². The van der Waals surface area contributed by atoms with Gasteiger partial charge >= 0.3 is 6.18 Å². The number of carbonyl (C=O) groups excluding carboxylic acids is 1. The summed E-state index contributed by atoms with van der Waals surface area (Å²) < 4.78 is 39.4. The fraction of sp³-hybridized carbons (Fsp3) is 0.118. The Morgan fingerprint density at radius 1 is 1.26 bits per heavy atom. The van der Waals surface area contributed by atoms with Crippen molar-refractivity contribution >= 4 is 23.3 Å². The molecule has 0 aliphatic rings. The number of aromatic nitrogens is 3. The molecule has 2 aromatic heterocycles. The van der Waals surface area contributed by atoms with Crippen molar-refractivity contribution in [2.75, 3.05) is 5.32 Å². The first kappa shape index (κ1) is 18.7. The maximum atomic E-state index is 12.8. The van der Waals surface area contributed by atoms with Gasteiger partial charge in [-0.2, -0.15) is 18.3 Å². The molecule has 0 aliphatic heterocycles. The minimum absolute atomic E-state index is 0.106. The monoisotopic (exact) mass is 396 g/mol. The van der Waals surface area contributed by atoms with Crippen molar-refractivity contribution in [3.63, 3.8) is 0 Å². The molecule has 3 aromatic rings. The van der Waals surface area contributed by atoms with Crippen LogP contribution in [0.2, 0.25) is 5.02 Å². The lowest BCUT2D eigenvalue weighted by molar-refractivity contribution is -0.141. The second-order valence-electron chi connectivity index (χ2n) is 5.56. The van der Waals surface area contributed by atoms with E-state index in [2.05, 4.69) is 15.4 Å². The van der Waals surface area contributed by atoms with Gasteiger partial charge in [0.15, 0.2) is 17.3 Å². The molecule has 27 heavy (non-hydrogen) atoms. The van der Waals surface area contributed by atoms with E-state index in [1.807, 2.05) is 0 Å². The molecule has 6 nitrogen and oxygen atoms in total. The van der Waals surface area contributed by atoms with Gasteiger partial charge in [-0.1, -0.05) is 23.7 Å². The SMILES string of the molecule is Cn1nc(C(F)(F)F)cc1-c1cnc(NC(=O)c2ccccc2Cl)c(O)c1. The number of nitrogens with one attached hydrogen (secondary N) is 1. The molecule has 0 aliphatic carbocycles. The summed E-state index contributed by atoms with van der Waals surface area (Å²) in [6, 6.07) is 8.35. The van der Waals surface area contributed by atoms with Crippen molar-refractivity contribution in [3.05, 3.63) is 58.9 Å². The van der Waals surface area contributed by atoms with Gasteiger partial charge in [0, 0.05) is 18.8 Å². The minimum Gasteiger partial charge on any atom is -0.504 e. The number of rotatable bonds is 3. The number of carbonyl (C=O) groups is 1. The van der Waals surface area contributed by atoms with Gasteiger partial charge in [0.25, 0.3) is 5.91 Å². The molecule has 0 unspecified atom stereocenters. The van der Waals surface area contributed by atoms with Gasteiger partial charge in [0.1, 0.15) is 0 Å². The Bertz CT molecular complexity index is 1020. The lowest BCUT2D eigenvalue weighted by Gasteiger charge is -2.09. The molecule has 2 heterocycles. The molecule has 0 spiro atoms. The Balaban J connectivity index is 1.88. The predicted octanol–water partition coefficient (Wildman–Crippen LogP) is 4.11. The second-order valence-corrected chi connectivity index (χ2v) is 5.97. The first-order valence-electron chi connectivity index (χ1n) is 7.53. The summed E-state index contributed by atoms with van der Waals surface area (Å²) in [5, 5.41) is 16.1. The molecule has 140 valence electrons. The number of pyridine rings is 1. The molecular weight excluding hydrogens is 385 g/mol. The van der Waals surface area contributed by atoms with E-state index in [0.717, 1.165) is 10.7 Å². The zero-order valence-electron chi connectivity index (χ0n) is 13.8. The van der Waals surface area contributed by atoms with Crippen LogP contribution in [0.3, 0.4) is 0 Å². The summed E-state index contributed by atoms with van der Waals surface area (Å²) in [5.41, 5.74) is -0.565. The zero-order valence-corrected chi connectivity index (χ0v) is 14.5. The van der Waals surface area contributed by atoms with Crippen LogP contribution in [-0.2, 0) is 13.2 Å². The van der Waals surface area contributed by atoms with Crippen molar-refractivity contribution in [2.24, 2.45) is 7.05 Å². The average molecular weight is 397 g/mol. The van der Waals surface area contributed by atoms with Crippen molar-refractivity contribution in [1.29, 1.82) is 0 Å². The molecule has 1 aromatic carbocycles. The van der Waals surface area contributed by atoms with Crippen molar-refractivity contribution in [3.8, 4) is 17.0 Å². The number of amides is 1. The minimum atomic E-state index is -4.59. The third-order valence-electron chi connectivity index (χ3n) is 3.68. The number of aryl methyl sites for hydroxylation is 1. The van der Waals surface area contributed by atoms with E-state index in [9.17, 15) is 23.1 Å². The standard InChI is InChI=1S/C17H12ClF3N4O2/c1-25-12(7-14(24-25)17(19,20)21)9-6-13(26)15(22-8-9)23-16(27)10-4-2-3-5-11(10)18/h2-8,26H,1H3,(H,22,23,27). The number of nitrogens with zero attached hydrogens (tertiary/aromatic N) is 3. The van der Waals surface area contributed by atoms with Crippen LogP contribution in [0.4, 0.5) is 19.0 Å². The predicted molar refractivity (Wildman–Crippen MR) is 92.5 cm³/mol. The van der Waals surface area contributed by atoms with Crippen LogP contribution < -0.4 is 5.32 Å².